The van der Waals surface area contributed by atoms with Gasteiger partial charge < -0.3 is 11.1 Å². The van der Waals surface area contributed by atoms with Crippen LogP contribution in [0.1, 0.15) is 15.9 Å². The number of nitrogens with two attached hydrogens (primary N) is 1. The highest BCUT2D eigenvalue weighted by Gasteiger charge is 2.13. The minimum atomic E-state index is -0.486. The number of carbonyl (C=O) groups excluding carboxylic acids is 1. The van der Waals surface area contributed by atoms with E-state index in [-0.39, 0.29) is 5.69 Å². The van der Waals surface area contributed by atoms with Crippen LogP contribution in [-0.4, -0.2) is 11.2 Å². The topological polar surface area (TPSA) is 98.3 Å². The Morgan fingerprint density at radius 1 is 1.25 bits per heavy atom. The lowest BCUT2D eigenvalue weighted by molar-refractivity contribution is -0.383. The molecule has 0 fully saturated rings. The second-order valence-corrected chi connectivity index (χ2v) is 4.25. The number of benzene rings is 2. The van der Waals surface area contributed by atoms with Gasteiger partial charge in [-0.3, -0.25) is 14.9 Å². The number of nitrogens with one attached hydrogen (secondary N) is 1. The maximum Gasteiger partial charge on any atom is 0.294 e. The average molecular weight is 271 g/mol. The van der Waals surface area contributed by atoms with E-state index < -0.39 is 4.92 Å². The molecule has 0 heterocycles. The summed E-state index contributed by atoms with van der Waals surface area (Å²) in [6, 6.07) is 11.5. The summed E-state index contributed by atoms with van der Waals surface area (Å²) in [5.74, 6) is 0. The molecule has 0 unspecified atom stereocenters. The molecule has 0 aliphatic carbocycles. The maximum absolute atomic E-state index is 10.9. The van der Waals surface area contributed by atoms with Crippen molar-refractivity contribution in [3.8, 4) is 0 Å². The molecule has 0 aromatic heterocycles. The largest absolute Gasteiger partial charge is 0.399 e. The second-order valence-electron chi connectivity index (χ2n) is 4.25. The van der Waals surface area contributed by atoms with Crippen LogP contribution in [0.3, 0.4) is 0 Å². The standard InChI is InChI=1S/C14H13N3O3/c15-12-4-5-13(14(7-12)17(19)20)16-8-10-2-1-3-11(6-10)9-18/h1-7,9,16H,8,15H2. The van der Waals surface area contributed by atoms with Gasteiger partial charge in [-0.1, -0.05) is 18.2 Å². The number of nitro benzene ring substituents is 1. The van der Waals surface area contributed by atoms with Gasteiger partial charge in [-0.05, 0) is 23.8 Å². The van der Waals surface area contributed by atoms with Crippen molar-refractivity contribution in [2.45, 2.75) is 6.54 Å². The molecule has 2 aromatic carbocycles. The molecular formula is C14H13N3O3. The molecular weight excluding hydrogens is 258 g/mol. The Hall–Kier alpha value is -2.89. The zero-order valence-corrected chi connectivity index (χ0v) is 10.6. The fraction of sp³-hybridized carbons (Fsp3) is 0.0714. The summed E-state index contributed by atoms with van der Waals surface area (Å²) in [4.78, 5) is 21.2. The molecule has 0 atom stereocenters. The molecule has 3 N–H and O–H groups in total. The minimum absolute atomic E-state index is 0.0726. The third-order valence-corrected chi connectivity index (χ3v) is 2.79. The molecule has 0 spiro atoms. The fourth-order valence-corrected chi connectivity index (χ4v) is 1.82. The van der Waals surface area contributed by atoms with Crippen molar-refractivity contribution in [3.05, 3.63) is 63.7 Å². The van der Waals surface area contributed by atoms with Gasteiger partial charge in [0.1, 0.15) is 12.0 Å². The van der Waals surface area contributed by atoms with Crippen molar-refractivity contribution >= 4 is 23.3 Å². The summed E-state index contributed by atoms with van der Waals surface area (Å²) >= 11 is 0. The van der Waals surface area contributed by atoms with Crippen LogP contribution in [0, 0.1) is 10.1 Å². The Bertz CT molecular complexity index is 656. The van der Waals surface area contributed by atoms with Gasteiger partial charge in [0.05, 0.1) is 4.92 Å². The zero-order valence-electron chi connectivity index (χ0n) is 10.6. The number of aldehydes is 1. The van der Waals surface area contributed by atoms with E-state index in [1.807, 2.05) is 6.07 Å². The lowest BCUT2D eigenvalue weighted by Crippen LogP contribution is -2.03. The van der Waals surface area contributed by atoms with Gasteiger partial charge in [0.25, 0.3) is 5.69 Å². The van der Waals surface area contributed by atoms with Crippen LogP contribution in [-0.2, 0) is 6.54 Å². The number of nitrogens with zero attached hydrogens (tertiary/aromatic N) is 1. The van der Waals surface area contributed by atoms with E-state index in [1.165, 1.54) is 6.07 Å². The molecule has 0 radical (unpaired) electrons. The van der Waals surface area contributed by atoms with Crippen LogP contribution in [0.5, 0.6) is 0 Å². The van der Waals surface area contributed by atoms with Gasteiger partial charge in [-0.25, -0.2) is 0 Å². The molecule has 0 saturated heterocycles. The summed E-state index contributed by atoms with van der Waals surface area (Å²) in [5.41, 5.74) is 7.62. The Morgan fingerprint density at radius 3 is 2.75 bits per heavy atom. The zero-order chi connectivity index (χ0) is 14.5. The molecule has 0 aliphatic rings. The predicted octanol–water partition coefficient (Wildman–Crippen LogP) is 2.60. The minimum Gasteiger partial charge on any atom is -0.399 e. The van der Waals surface area contributed by atoms with Gasteiger partial charge in [-0.2, -0.15) is 0 Å². The molecule has 0 aliphatic heterocycles. The average Bonchev–Trinajstić information content (AvgIpc) is 2.46. The molecule has 20 heavy (non-hydrogen) atoms. The summed E-state index contributed by atoms with van der Waals surface area (Å²) in [7, 11) is 0. The summed E-state index contributed by atoms with van der Waals surface area (Å²) in [5, 5.41) is 13.9. The first-order chi connectivity index (χ1) is 9.60. The summed E-state index contributed by atoms with van der Waals surface area (Å²) in [6.07, 6.45) is 0.759. The number of carbonyl (C=O) groups is 1. The highest BCUT2D eigenvalue weighted by Crippen LogP contribution is 2.27. The van der Waals surface area contributed by atoms with Crippen molar-refractivity contribution in [3.63, 3.8) is 0 Å². The molecule has 6 heteroatoms. The third kappa shape index (κ3) is 3.11. The first-order valence-corrected chi connectivity index (χ1v) is 5.92. The van der Waals surface area contributed by atoms with E-state index in [2.05, 4.69) is 5.32 Å². The van der Waals surface area contributed by atoms with E-state index in [1.54, 1.807) is 30.3 Å². The van der Waals surface area contributed by atoms with Crippen molar-refractivity contribution in [1.82, 2.24) is 0 Å². The van der Waals surface area contributed by atoms with Crippen LogP contribution in [0.15, 0.2) is 42.5 Å². The lowest BCUT2D eigenvalue weighted by Gasteiger charge is -2.08. The number of nitro groups is 1. The van der Waals surface area contributed by atoms with Gasteiger partial charge in [0.15, 0.2) is 0 Å². The second kappa shape index (κ2) is 5.83. The Labute approximate surface area is 115 Å². The van der Waals surface area contributed by atoms with Crippen molar-refractivity contribution in [2.24, 2.45) is 0 Å². The number of rotatable bonds is 5. The first-order valence-electron chi connectivity index (χ1n) is 5.92. The number of hydrogen-bond acceptors (Lipinski definition) is 5. The van der Waals surface area contributed by atoms with E-state index in [0.29, 0.717) is 23.5 Å². The smallest absolute Gasteiger partial charge is 0.294 e. The molecule has 2 aromatic rings. The predicted molar refractivity (Wildman–Crippen MR) is 76.7 cm³/mol. The molecule has 0 bridgehead atoms. The maximum atomic E-state index is 10.9. The highest BCUT2D eigenvalue weighted by molar-refractivity contribution is 5.75. The van der Waals surface area contributed by atoms with Gasteiger partial charge in [0.2, 0.25) is 0 Å². The molecule has 102 valence electrons. The molecule has 2 rings (SSSR count). The van der Waals surface area contributed by atoms with E-state index in [0.717, 1.165) is 11.8 Å². The third-order valence-electron chi connectivity index (χ3n) is 2.79. The van der Waals surface area contributed by atoms with E-state index in [9.17, 15) is 14.9 Å². The molecule has 0 saturated carbocycles. The van der Waals surface area contributed by atoms with E-state index in [4.69, 9.17) is 5.73 Å². The molecule has 0 amide bonds. The van der Waals surface area contributed by atoms with Crippen LogP contribution in [0.4, 0.5) is 17.1 Å². The number of nitrogen functional groups attached to an aromatic ring is 1. The fourth-order valence-electron chi connectivity index (χ4n) is 1.82. The van der Waals surface area contributed by atoms with Crippen LogP contribution in [0.2, 0.25) is 0 Å². The van der Waals surface area contributed by atoms with E-state index >= 15 is 0 Å². The van der Waals surface area contributed by atoms with Crippen LogP contribution >= 0.6 is 0 Å². The quantitative estimate of drug-likeness (QED) is 0.377. The number of hydrogen-bond donors (Lipinski definition) is 2. The van der Waals surface area contributed by atoms with Gasteiger partial charge in [0, 0.05) is 23.9 Å². The summed E-state index contributed by atoms with van der Waals surface area (Å²) < 4.78 is 0. The number of anilines is 2. The Morgan fingerprint density at radius 2 is 2.05 bits per heavy atom. The first kappa shape index (κ1) is 13.5. The Balaban J connectivity index is 2.18. The van der Waals surface area contributed by atoms with Crippen LogP contribution in [0.25, 0.3) is 0 Å². The molecule has 6 nitrogen and oxygen atoms in total. The van der Waals surface area contributed by atoms with Crippen molar-refractivity contribution in [1.29, 1.82) is 0 Å². The monoisotopic (exact) mass is 271 g/mol. The summed E-state index contributed by atoms with van der Waals surface area (Å²) in [6.45, 7) is 0.381. The van der Waals surface area contributed by atoms with Gasteiger partial charge in [-0.15, -0.1) is 0 Å². The SMILES string of the molecule is Nc1ccc(NCc2cccc(C=O)c2)c([N+](=O)[O-])c1. The Kier molecular flexibility index (Phi) is 3.95. The normalized spacial score (nSPS) is 10.0. The van der Waals surface area contributed by atoms with Crippen molar-refractivity contribution in [2.75, 3.05) is 11.1 Å². The van der Waals surface area contributed by atoms with Crippen LogP contribution < -0.4 is 11.1 Å². The van der Waals surface area contributed by atoms with Crippen molar-refractivity contribution < 1.29 is 9.72 Å². The van der Waals surface area contributed by atoms with Gasteiger partial charge >= 0.3 is 0 Å². The highest BCUT2D eigenvalue weighted by atomic mass is 16.6. The lowest BCUT2D eigenvalue weighted by atomic mass is 10.1.